The Kier molecular flexibility index (Phi) is 66.2. The van der Waals surface area contributed by atoms with Gasteiger partial charge in [-0.3, -0.25) is 14.4 Å². The van der Waals surface area contributed by atoms with E-state index in [-0.39, 0.29) is 31.1 Å². The maximum atomic E-state index is 12.9. The van der Waals surface area contributed by atoms with Crippen molar-refractivity contribution in [3.63, 3.8) is 0 Å². The van der Waals surface area contributed by atoms with Crippen LogP contribution in [-0.4, -0.2) is 37.2 Å². The molecule has 0 saturated heterocycles. The average molecular weight is 1130 g/mol. The fourth-order valence-corrected chi connectivity index (χ4v) is 10.2. The zero-order valence-corrected chi connectivity index (χ0v) is 53.8. The molecule has 0 aromatic carbocycles. The summed E-state index contributed by atoms with van der Waals surface area (Å²) in [6.45, 7) is 6.52. The number of unbranched alkanes of at least 4 members (excludes halogenated alkanes) is 39. The van der Waals surface area contributed by atoms with Gasteiger partial charge in [0.1, 0.15) is 13.2 Å². The summed E-state index contributed by atoms with van der Waals surface area (Å²) < 4.78 is 16.9. The molecule has 0 spiro atoms. The van der Waals surface area contributed by atoms with Crippen molar-refractivity contribution in [2.45, 2.75) is 361 Å². The number of carbonyl (C=O) groups excluding carboxylic acids is 3. The van der Waals surface area contributed by atoms with Crippen LogP contribution in [0.2, 0.25) is 0 Å². The predicted molar refractivity (Wildman–Crippen MR) is 353 cm³/mol. The van der Waals surface area contributed by atoms with E-state index in [0.29, 0.717) is 19.3 Å². The van der Waals surface area contributed by atoms with Crippen LogP contribution in [-0.2, 0) is 28.6 Å². The van der Waals surface area contributed by atoms with E-state index < -0.39 is 6.10 Å². The Hall–Kier alpha value is -3.41. The molecular weight excluding hydrogens is 997 g/mol. The van der Waals surface area contributed by atoms with E-state index in [1.807, 2.05) is 0 Å². The Morgan fingerprint density at radius 2 is 0.481 bits per heavy atom. The number of hydrogen-bond acceptors (Lipinski definition) is 6. The van der Waals surface area contributed by atoms with E-state index in [0.717, 1.165) is 109 Å². The standard InChI is InChI=1S/C75H132O6/c1-4-7-10-13-16-18-20-22-24-26-28-30-32-34-36-37-39-40-42-44-46-48-50-52-54-56-59-62-65-68-74(77)80-71-72(70-79-73(76)67-64-61-58-15-12-9-6-3)81-75(78)69-66-63-60-57-55-53-51-49-47-45-43-41-38-35-33-31-29-27-25-23-21-19-17-14-11-8-5-2/h7,10,16,18,22,24,28,30,34,36,39-40,44,46,72H,4-6,8-9,11-15,17,19-21,23,25-27,29,31-33,35,37-38,41-43,45,47-71H2,1-3H3/b10-7-,18-16-,24-22-,30-28-,36-34-,40-39-,46-44-. The van der Waals surface area contributed by atoms with Gasteiger partial charge >= 0.3 is 17.9 Å². The van der Waals surface area contributed by atoms with Crippen LogP contribution in [0.5, 0.6) is 0 Å². The SMILES string of the molecule is CC/C=C\C/C=C\C/C=C\C/C=C\C/C=C\C/C=C\C/C=C\CCCCCCCCCC(=O)OCC(COC(=O)CCCCCCCCC)OC(=O)CCCCCCCCCCCCCCCCCCCCCCCCCCCCC. The smallest absolute Gasteiger partial charge is 0.306 e. The molecule has 0 rings (SSSR count). The summed E-state index contributed by atoms with van der Waals surface area (Å²) in [5, 5.41) is 0. The van der Waals surface area contributed by atoms with E-state index in [1.165, 1.54) is 205 Å². The highest BCUT2D eigenvalue weighted by atomic mass is 16.6. The first-order valence-electron chi connectivity index (χ1n) is 35.1. The molecule has 0 bridgehead atoms. The number of hydrogen-bond donors (Lipinski definition) is 0. The maximum Gasteiger partial charge on any atom is 0.306 e. The van der Waals surface area contributed by atoms with Gasteiger partial charge < -0.3 is 14.2 Å². The first-order chi connectivity index (χ1) is 40.0. The van der Waals surface area contributed by atoms with Crippen molar-refractivity contribution in [3.8, 4) is 0 Å². The fraction of sp³-hybridized carbons (Fsp3) is 0.773. The minimum Gasteiger partial charge on any atom is -0.462 e. The van der Waals surface area contributed by atoms with Gasteiger partial charge in [0.25, 0.3) is 0 Å². The molecule has 0 aromatic rings. The predicted octanol–water partition coefficient (Wildman–Crippen LogP) is 24.2. The van der Waals surface area contributed by atoms with Crippen molar-refractivity contribution >= 4 is 17.9 Å². The average Bonchev–Trinajstić information content (AvgIpc) is 3.47. The van der Waals surface area contributed by atoms with E-state index in [9.17, 15) is 14.4 Å². The van der Waals surface area contributed by atoms with Gasteiger partial charge in [-0.25, -0.2) is 0 Å². The number of allylic oxidation sites excluding steroid dienone is 14. The normalized spacial score (nSPS) is 12.6. The minimum absolute atomic E-state index is 0.0762. The summed E-state index contributed by atoms with van der Waals surface area (Å²) >= 11 is 0. The molecule has 0 saturated carbocycles. The lowest BCUT2D eigenvalue weighted by atomic mass is 10.0. The third kappa shape index (κ3) is 67.3. The van der Waals surface area contributed by atoms with Gasteiger partial charge in [-0.05, 0) is 77.0 Å². The zero-order chi connectivity index (χ0) is 58.5. The molecule has 6 heteroatoms. The third-order valence-corrected chi connectivity index (χ3v) is 15.4. The summed E-state index contributed by atoms with van der Waals surface area (Å²) in [6.07, 6.45) is 92.1. The Labute approximate surface area is 503 Å². The molecule has 468 valence electrons. The molecule has 6 nitrogen and oxygen atoms in total. The third-order valence-electron chi connectivity index (χ3n) is 15.4. The summed E-state index contributed by atoms with van der Waals surface area (Å²) in [5.41, 5.74) is 0. The summed E-state index contributed by atoms with van der Waals surface area (Å²) in [5.74, 6) is -0.877. The van der Waals surface area contributed by atoms with Crippen LogP contribution in [0.15, 0.2) is 85.1 Å². The Morgan fingerprint density at radius 3 is 0.753 bits per heavy atom. The van der Waals surface area contributed by atoms with Gasteiger partial charge in [0, 0.05) is 19.3 Å². The molecule has 0 aliphatic heterocycles. The van der Waals surface area contributed by atoms with Crippen molar-refractivity contribution in [2.75, 3.05) is 13.2 Å². The molecule has 0 radical (unpaired) electrons. The topological polar surface area (TPSA) is 78.9 Å². The molecule has 0 N–H and O–H groups in total. The van der Waals surface area contributed by atoms with Crippen molar-refractivity contribution in [2.24, 2.45) is 0 Å². The molecule has 81 heavy (non-hydrogen) atoms. The first-order valence-corrected chi connectivity index (χ1v) is 35.1. The van der Waals surface area contributed by atoms with Crippen LogP contribution in [0.3, 0.4) is 0 Å². The van der Waals surface area contributed by atoms with Gasteiger partial charge in [-0.15, -0.1) is 0 Å². The van der Waals surface area contributed by atoms with Gasteiger partial charge in [-0.1, -0.05) is 343 Å². The lowest BCUT2D eigenvalue weighted by Gasteiger charge is -2.18. The van der Waals surface area contributed by atoms with Crippen molar-refractivity contribution in [1.29, 1.82) is 0 Å². The molecule has 1 unspecified atom stereocenters. The van der Waals surface area contributed by atoms with Crippen LogP contribution in [0.25, 0.3) is 0 Å². The monoisotopic (exact) mass is 1130 g/mol. The molecule has 1 atom stereocenters. The first kappa shape index (κ1) is 77.6. The zero-order valence-electron chi connectivity index (χ0n) is 53.8. The van der Waals surface area contributed by atoms with Crippen LogP contribution < -0.4 is 0 Å². The largest absolute Gasteiger partial charge is 0.462 e. The minimum atomic E-state index is -0.778. The molecule has 0 aliphatic carbocycles. The number of carbonyl (C=O) groups is 3. The van der Waals surface area contributed by atoms with Crippen LogP contribution in [0.1, 0.15) is 355 Å². The number of esters is 3. The van der Waals surface area contributed by atoms with E-state index in [4.69, 9.17) is 14.2 Å². The molecule has 0 fully saturated rings. The van der Waals surface area contributed by atoms with Gasteiger partial charge in [0.15, 0.2) is 6.10 Å². The van der Waals surface area contributed by atoms with E-state index in [1.54, 1.807) is 0 Å². The van der Waals surface area contributed by atoms with E-state index in [2.05, 4.69) is 106 Å². The highest BCUT2D eigenvalue weighted by Gasteiger charge is 2.19. The summed E-state index contributed by atoms with van der Waals surface area (Å²) in [4.78, 5) is 38.2. The van der Waals surface area contributed by atoms with Crippen molar-refractivity contribution in [3.05, 3.63) is 85.1 Å². The van der Waals surface area contributed by atoms with Crippen LogP contribution in [0.4, 0.5) is 0 Å². The Morgan fingerprint density at radius 1 is 0.259 bits per heavy atom. The summed E-state index contributed by atoms with van der Waals surface area (Å²) in [6, 6.07) is 0. The van der Waals surface area contributed by atoms with Crippen molar-refractivity contribution in [1.82, 2.24) is 0 Å². The lowest BCUT2D eigenvalue weighted by Crippen LogP contribution is -2.30. The van der Waals surface area contributed by atoms with Gasteiger partial charge in [0.2, 0.25) is 0 Å². The van der Waals surface area contributed by atoms with Gasteiger partial charge in [0.05, 0.1) is 0 Å². The Balaban J connectivity index is 4.10. The second-order valence-electron chi connectivity index (χ2n) is 23.4. The molecule has 0 aliphatic rings. The highest BCUT2D eigenvalue weighted by Crippen LogP contribution is 2.18. The summed E-state index contributed by atoms with van der Waals surface area (Å²) in [7, 11) is 0. The quantitative estimate of drug-likeness (QED) is 0.0261. The van der Waals surface area contributed by atoms with Crippen LogP contribution in [0, 0.1) is 0 Å². The van der Waals surface area contributed by atoms with Crippen LogP contribution >= 0.6 is 0 Å². The Bertz CT molecular complexity index is 1530. The maximum absolute atomic E-state index is 12.9. The molecular formula is C75H132O6. The second kappa shape index (κ2) is 69.1. The number of rotatable bonds is 64. The van der Waals surface area contributed by atoms with Gasteiger partial charge in [-0.2, -0.15) is 0 Å². The lowest BCUT2D eigenvalue weighted by molar-refractivity contribution is -0.167. The second-order valence-corrected chi connectivity index (χ2v) is 23.4. The molecule has 0 heterocycles. The molecule has 0 aromatic heterocycles. The molecule has 0 amide bonds. The van der Waals surface area contributed by atoms with E-state index >= 15 is 0 Å². The fourth-order valence-electron chi connectivity index (χ4n) is 10.2. The highest BCUT2D eigenvalue weighted by molar-refractivity contribution is 5.71. The number of ether oxygens (including phenoxy) is 3. The van der Waals surface area contributed by atoms with Crippen molar-refractivity contribution < 1.29 is 28.6 Å².